The largest absolute Gasteiger partial charge is 0.471 e. The van der Waals surface area contributed by atoms with Crippen LogP contribution in [0.25, 0.3) is 0 Å². The molecule has 4 nitrogen and oxygen atoms in total. The highest BCUT2D eigenvalue weighted by Gasteiger charge is 2.45. The molecule has 1 aliphatic heterocycles. The Hall–Kier alpha value is -0.790. The number of carbonyl (C=O) groups is 1. The summed E-state index contributed by atoms with van der Waals surface area (Å²) in [5.41, 5.74) is 0. The molecule has 0 aliphatic carbocycles. The number of amides is 1. The van der Waals surface area contributed by atoms with Crippen LogP contribution in [0.4, 0.5) is 13.2 Å². The van der Waals surface area contributed by atoms with Gasteiger partial charge in [0.2, 0.25) is 0 Å². The van der Waals surface area contributed by atoms with Crippen LogP contribution in [0.5, 0.6) is 0 Å². The van der Waals surface area contributed by atoms with Gasteiger partial charge in [0.1, 0.15) is 0 Å². The molecule has 1 aliphatic rings. The van der Waals surface area contributed by atoms with Crippen molar-refractivity contribution in [2.24, 2.45) is 0 Å². The van der Waals surface area contributed by atoms with Crippen LogP contribution in [-0.4, -0.2) is 50.0 Å². The van der Waals surface area contributed by atoms with Gasteiger partial charge in [0.15, 0.2) is 9.84 Å². The Morgan fingerprint density at radius 3 is 2.27 bits per heavy atom. The van der Waals surface area contributed by atoms with E-state index in [1.807, 2.05) is 0 Å². The van der Waals surface area contributed by atoms with Gasteiger partial charge in [-0.2, -0.15) is 13.2 Å². The van der Waals surface area contributed by atoms with Gasteiger partial charge in [-0.1, -0.05) is 0 Å². The Labute approximate surface area is 85.0 Å². The minimum absolute atomic E-state index is 0.0701. The molecule has 1 unspecified atom stereocenters. The Bertz CT molecular complexity index is 362. The average Bonchev–Trinajstić information content (AvgIpc) is 2.47. The number of hydrogen-bond donors (Lipinski definition) is 0. The zero-order valence-corrected chi connectivity index (χ0v) is 8.73. The van der Waals surface area contributed by atoms with Crippen molar-refractivity contribution in [2.75, 3.05) is 19.3 Å². The van der Waals surface area contributed by atoms with E-state index in [2.05, 4.69) is 0 Å². The van der Waals surface area contributed by atoms with Crippen molar-refractivity contribution in [3.05, 3.63) is 0 Å². The van der Waals surface area contributed by atoms with Crippen molar-refractivity contribution >= 4 is 15.7 Å². The van der Waals surface area contributed by atoms with E-state index >= 15 is 0 Å². The molecule has 0 aromatic carbocycles. The SMILES string of the molecule is CS(=O)(=O)C1CCN(C(=O)C(F)(F)F)C1. The number of sulfone groups is 1. The molecule has 88 valence electrons. The molecule has 15 heavy (non-hydrogen) atoms. The molecule has 0 aromatic heterocycles. The lowest BCUT2D eigenvalue weighted by molar-refractivity contribution is -0.184. The van der Waals surface area contributed by atoms with E-state index in [1.165, 1.54) is 0 Å². The first-order valence-electron chi connectivity index (χ1n) is 4.17. The summed E-state index contributed by atoms with van der Waals surface area (Å²) in [7, 11) is -3.38. The van der Waals surface area contributed by atoms with Crippen molar-refractivity contribution in [3.8, 4) is 0 Å². The van der Waals surface area contributed by atoms with E-state index in [-0.39, 0.29) is 19.5 Å². The predicted octanol–water partition coefficient (Wildman–Crippen LogP) is 0.194. The topological polar surface area (TPSA) is 54.5 Å². The Balaban J connectivity index is 2.70. The Morgan fingerprint density at radius 1 is 1.40 bits per heavy atom. The molecule has 1 heterocycles. The minimum atomic E-state index is -4.92. The van der Waals surface area contributed by atoms with Crippen LogP contribution in [-0.2, 0) is 14.6 Å². The molecule has 1 amide bonds. The summed E-state index contributed by atoms with van der Waals surface area (Å²) in [4.78, 5) is 11.3. The third kappa shape index (κ3) is 2.83. The Morgan fingerprint density at radius 2 is 1.93 bits per heavy atom. The van der Waals surface area contributed by atoms with Crippen molar-refractivity contribution in [1.29, 1.82) is 0 Å². The van der Waals surface area contributed by atoms with Crippen LogP contribution >= 0.6 is 0 Å². The van der Waals surface area contributed by atoms with Gasteiger partial charge in [-0.3, -0.25) is 4.79 Å². The molecule has 0 bridgehead atoms. The van der Waals surface area contributed by atoms with E-state index in [0.717, 1.165) is 6.26 Å². The van der Waals surface area contributed by atoms with Crippen LogP contribution in [0.1, 0.15) is 6.42 Å². The number of carbonyl (C=O) groups excluding carboxylic acids is 1. The number of rotatable bonds is 1. The van der Waals surface area contributed by atoms with E-state index in [4.69, 9.17) is 0 Å². The summed E-state index contributed by atoms with van der Waals surface area (Å²) >= 11 is 0. The predicted molar refractivity (Wildman–Crippen MR) is 45.9 cm³/mol. The van der Waals surface area contributed by atoms with E-state index in [9.17, 15) is 26.4 Å². The van der Waals surface area contributed by atoms with Crippen LogP contribution < -0.4 is 0 Å². The van der Waals surface area contributed by atoms with Gasteiger partial charge in [-0.15, -0.1) is 0 Å². The number of halogens is 3. The molecule has 8 heteroatoms. The molecule has 0 N–H and O–H groups in total. The molecule has 1 saturated heterocycles. The molecule has 0 aromatic rings. The van der Waals surface area contributed by atoms with Crippen molar-refractivity contribution in [1.82, 2.24) is 4.90 Å². The summed E-state index contributed by atoms with van der Waals surface area (Å²) in [6.45, 7) is -0.521. The van der Waals surface area contributed by atoms with Crippen LogP contribution in [0, 0.1) is 0 Å². The van der Waals surface area contributed by atoms with Crippen molar-refractivity contribution in [3.63, 3.8) is 0 Å². The van der Waals surface area contributed by atoms with E-state index in [0.29, 0.717) is 4.90 Å². The van der Waals surface area contributed by atoms with Crippen LogP contribution in [0.2, 0.25) is 0 Å². The maximum atomic E-state index is 12.0. The molecule has 1 atom stereocenters. The van der Waals surface area contributed by atoms with Gasteiger partial charge in [0, 0.05) is 19.3 Å². The zero-order valence-electron chi connectivity index (χ0n) is 7.91. The molecule has 0 saturated carbocycles. The summed E-state index contributed by atoms with van der Waals surface area (Å²) in [5.74, 6) is -1.96. The second-order valence-corrected chi connectivity index (χ2v) is 5.81. The van der Waals surface area contributed by atoms with Gasteiger partial charge in [0.05, 0.1) is 5.25 Å². The van der Waals surface area contributed by atoms with Gasteiger partial charge < -0.3 is 4.90 Å². The first-order chi connectivity index (χ1) is 6.62. The van der Waals surface area contributed by atoms with Gasteiger partial charge >= 0.3 is 12.1 Å². The number of likely N-dealkylation sites (tertiary alicyclic amines) is 1. The lowest BCUT2D eigenvalue weighted by atomic mass is 10.4. The first-order valence-corrected chi connectivity index (χ1v) is 6.13. The first kappa shape index (κ1) is 12.3. The van der Waals surface area contributed by atoms with Crippen LogP contribution in [0.3, 0.4) is 0 Å². The van der Waals surface area contributed by atoms with E-state index < -0.39 is 27.2 Å². The highest BCUT2D eigenvalue weighted by Crippen LogP contribution is 2.23. The molecular weight excluding hydrogens is 235 g/mol. The average molecular weight is 245 g/mol. The lowest BCUT2D eigenvalue weighted by Gasteiger charge is -2.17. The highest BCUT2D eigenvalue weighted by atomic mass is 32.2. The molecule has 1 rings (SSSR count). The summed E-state index contributed by atoms with van der Waals surface area (Å²) in [5, 5.41) is -0.871. The molecule has 0 radical (unpaired) electrons. The van der Waals surface area contributed by atoms with Gasteiger partial charge in [0.25, 0.3) is 0 Å². The molecule has 0 spiro atoms. The summed E-state index contributed by atoms with van der Waals surface area (Å²) < 4.78 is 58.0. The number of alkyl halides is 3. The fourth-order valence-electron chi connectivity index (χ4n) is 1.44. The van der Waals surface area contributed by atoms with E-state index in [1.54, 1.807) is 0 Å². The van der Waals surface area contributed by atoms with Gasteiger partial charge in [-0.05, 0) is 6.42 Å². The smallest absolute Gasteiger partial charge is 0.334 e. The normalized spacial score (nSPS) is 23.2. The minimum Gasteiger partial charge on any atom is -0.334 e. The molecule has 1 fully saturated rings. The fourth-order valence-corrected chi connectivity index (χ4v) is 2.43. The van der Waals surface area contributed by atoms with Crippen LogP contribution in [0.15, 0.2) is 0 Å². The number of nitrogens with zero attached hydrogens (tertiary/aromatic N) is 1. The van der Waals surface area contributed by atoms with Gasteiger partial charge in [-0.25, -0.2) is 8.42 Å². The lowest BCUT2D eigenvalue weighted by Crippen LogP contribution is -2.40. The van der Waals surface area contributed by atoms with Crippen molar-refractivity contribution < 1.29 is 26.4 Å². The summed E-state index contributed by atoms with van der Waals surface area (Å²) in [6, 6.07) is 0. The fraction of sp³-hybridized carbons (Fsp3) is 0.857. The highest BCUT2D eigenvalue weighted by molar-refractivity contribution is 7.91. The van der Waals surface area contributed by atoms with Crippen molar-refractivity contribution in [2.45, 2.75) is 17.8 Å². The summed E-state index contributed by atoms with van der Waals surface area (Å²) in [6.07, 6.45) is -3.90. The standard InChI is InChI=1S/C7H10F3NO3S/c1-15(13,14)5-2-3-11(4-5)6(12)7(8,9)10/h5H,2-4H2,1H3. The zero-order chi connectivity index (χ0) is 11.9. The monoisotopic (exact) mass is 245 g/mol. The Kier molecular flexibility index (Phi) is 2.99. The quantitative estimate of drug-likeness (QED) is 0.663. The second-order valence-electron chi connectivity index (χ2n) is 3.49. The second kappa shape index (κ2) is 3.66. The number of hydrogen-bond acceptors (Lipinski definition) is 3. The maximum Gasteiger partial charge on any atom is 0.471 e. The third-order valence-corrected chi connectivity index (χ3v) is 3.88. The molecular formula is C7H10F3NO3S. The maximum absolute atomic E-state index is 12.0. The third-order valence-electron chi connectivity index (χ3n) is 2.28.